The summed E-state index contributed by atoms with van der Waals surface area (Å²) in [6.45, 7) is 47.0. The molecule has 4 atom stereocenters. The third-order valence-electron chi connectivity index (χ3n) is 20.5. The zero-order valence-electron chi connectivity index (χ0n) is 62.8. The highest BCUT2D eigenvalue weighted by atomic mass is 35.5. The average molecular weight is 1420 g/mol. The number of halogens is 7. The quantitative estimate of drug-likeness (QED) is 0.0675. The van der Waals surface area contributed by atoms with Gasteiger partial charge in [0.05, 0.1) is 17.6 Å². The van der Waals surface area contributed by atoms with E-state index in [0.29, 0.717) is 31.2 Å². The van der Waals surface area contributed by atoms with Gasteiger partial charge in [-0.3, -0.25) is 24.4 Å². The molecule has 98 heavy (non-hydrogen) atoms. The summed E-state index contributed by atoms with van der Waals surface area (Å²) in [6, 6.07) is 32.5. The molecule has 15 heteroatoms. The van der Waals surface area contributed by atoms with Crippen LogP contribution in [0.15, 0.2) is 144 Å². The molecule has 1 amide bonds. The summed E-state index contributed by atoms with van der Waals surface area (Å²) >= 11 is 18.1. The molecule has 4 aliphatic rings. The predicted octanol–water partition coefficient (Wildman–Crippen LogP) is 20.6. The lowest BCUT2D eigenvalue weighted by molar-refractivity contribution is -0.185. The number of amides is 1. The van der Waals surface area contributed by atoms with E-state index in [-0.39, 0.29) is 58.4 Å². The standard InChI is InChI=1S/C21H31ClN2O.C21H32ClNO.C21H29F4N.C20H30ClNO/c1-16(2)14-20(24-12-10-23(11-13-24)17(3)25)15-21(4,5)18-6-8-19(22)9-7-18;1-16(2)14-19(23-12-10-21(5,24)11-13-23)15-20(3,4)17-6-8-18(22)9-7-17;1-15(2)13-19(26-11-9-17(10-12-26)21(23,24)25)14-20(3,4)16-5-7-18(22)8-6-16;1-15(2)13-18(22-11-9-19(23)10-12-22)14-20(3,4)16-5-7-17(21)8-6-16/h6-9,14,20H,10-13,15H2,1-5H3;6-9,14,19,24H,10-13,15H2,1-5H3;5-8,13,17,19H,9-12,14H2,1-4H3;5-8,13,18-19,23H,9-12,14H2,1-4H3. The molecule has 546 valence electrons. The molecular weight excluding hydrogens is 1300 g/mol. The Labute approximate surface area is 604 Å². The van der Waals surface area contributed by atoms with Gasteiger partial charge in [0.2, 0.25) is 5.91 Å². The Morgan fingerprint density at radius 3 is 0.969 bits per heavy atom. The summed E-state index contributed by atoms with van der Waals surface area (Å²) in [5, 5.41) is 22.4. The number of piperazine rings is 1. The fourth-order valence-corrected chi connectivity index (χ4v) is 14.7. The van der Waals surface area contributed by atoms with Gasteiger partial charge in [-0.1, -0.05) is 185 Å². The van der Waals surface area contributed by atoms with Gasteiger partial charge in [-0.2, -0.15) is 13.2 Å². The van der Waals surface area contributed by atoms with Crippen molar-refractivity contribution < 1.29 is 32.6 Å². The predicted molar refractivity (Wildman–Crippen MR) is 407 cm³/mol. The Bertz CT molecular complexity index is 3160. The molecule has 0 aliphatic carbocycles. The van der Waals surface area contributed by atoms with Gasteiger partial charge in [-0.05, 0) is 232 Å². The van der Waals surface area contributed by atoms with Crippen LogP contribution in [0.5, 0.6) is 0 Å². The molecule has 0 spiro atoms. The maximum absolute atomic E-state index is 13.2. The molecule has 0 aromatic heterocycles. The first kappa shape index (κ1) is 84.3. The van der Waals surface area contributed by atoms with Crippen LogP contribution in [0.4, 0.5) is 17.6 Å². The zero-order chi connectivity index (χ0) is 73.1. The van der Waals surface area contributed by atoms with Crippen molar-refractivity contribution in [2.24, 2.45) is 5.92 Å². The van der Waals surface area contributed by atoms with Crippen molar-refractivity contribution in [3.05, 3.63) is 187 Å². The molecule has 0 radical (unpaired) electrons. The highest BCUT2D eigenvalue weighted by Crippen LogP contribution is 2.40. The third kappa shape index (κ3) is 28.1. The van der Waals surface area contributed by atoms with E-state index < -0.39 is 17.7 Å². The first-order valence-corrected chi connectivity index (χ1v) is 37.0. The number of aliphatic hydroxyl groups is 2. The lowest BCUT2D eigenvalue weighted by Gasteiger charge is -2.42. The summed E-state index contributed by atoms with van der Waals surface area (Å²) in [4.78, 5) is 23.3. The van der Waals surface area contributed by atoms with E-state index in [2.05, 4.69) is 177 Å². The maximum Gasteiger partial charge on any atom is 0.391 e. The minimum Gasteiger partial charge on any atom is -0.393 e. The summed E-state index contributed by atoms with van der Waals surface area (Å²) in [7, 11) is 0. The van der Waals surface area contributed by atoms with Gasteiger partial charge in [-0.25, -0.2) is 4.39 Å². The van der Waals surface area contributed by atoms with Gasteiger partial charge in [-0.15, -0.1) is 0 Å². The van der Waals surface area contributed by atoms with E-state index in [4.69, 9.17) is 34.8 Å². The van der Waals surface area contributed by atoms with Gasteiger partial charge in [0.15, 0.2) is 0 Å². The topological polar surface area (TPSA) is 73.7 Å². The molecule has 4 heterocycles. The maximum atomic E-state index is 13.2. The second-order valence-corrected chi connectivity index (χ2v) is 33.6. The van der Waals surface area contributed by atoms with Crippen molar-refractivity contribution in [3.63, 3.8) is 0 Å². The largest absolute Gasteiger partial charge is 0.393 e. The first-order chi connectivity index (χ1) is 45.5. The van der Waals surface area contributed by atoms with Gasteiger partial charge in [0.1, 0.15) is 5.82 Å². The number of carbonyl (C=O) groups excluding carboxylic acids is 1. The monoisotopic (exact) mass is 1420 g/mol. The lowest BCUT2D eigenvalue weighted by atomic mass is 9.78. The van der Waals surface area contributed by atoms with Crippen molar-refractivity contribution in [1.82, 2.24) is 24.5 Å². The van der Waals surface area contributed by atoms with Crippen LogP contribution in [-0.4, -0.2) is 148 Å². The minimum absolute atomic E-state index is 0.0545. The van der Waals surface area contributed by atoms with Crippen LogP contribution >= 0.6 is 34.8 Å². The highest BCUT2D eigenvalue weighted by molar-refractivity contribution is 6.31. The van der Waals surface area contributed by atoms with Gasteiger partial charge in [0.25, 0.3) is 0 Å². The number of likely N-dealkylation sites (tertiary alicyclic amines) is 3. The molecule has 4 saturated heterocycles. The Morgan fingerprint density at radius 1 is 0.449 bits per heavy atom. The van der Waals surface area contributed by atoms with Crippen LogP contribution in [-0.2, 0) is 26.5 Å². The number of hydrogen-bond donors (Lipinski definition) is 2. The number of carbonyl (C=O) groups is 1. The molecule has 4 aliphatic heterocycles. The van der Waals surface area contributed by atoms with Gasteiger partial charge < -0.3 is 15.1 Å². The van der Waals surface area contributed by atoms with E-state index in [0.717, 1.165) is 130 Å². The van der Waals surface area contributed by atoms with Gasteiger partial charge >= 0.3 is 6.18 Å². The summed E-state index contributed by atoms with van der Waals surface area (Å²) < 4.78 is 52.1. The second kappa shape index (κ2) is 37.7. The van der Waals surface area contributed by atoms with E-state index in [1.807, 2.05) is 62.1 Å². The molecular formula is C83H122Cl3F4N5O3. The third-order valence-corrected chi connectivity index (χ3v) is 21.2. The van der Waals surface area contributed by atoms with Gasteiger partial charge in [0, 0.05) is 98.5 Å². The number of nitrogens with zero attached hydrogens (tertiary/aromatic N) is 5. The normalized spacial score (nSPS) is 18.6. The summed E-state index contributed by atoms with van der Waals surface area (Å²) in [5.41, 5.74) is 9.70. The Morgan fingerprint density at radius 2 is 0.704 bits per heavy atom. The SMILES string of the molecule is CC(=O)N1CCN(C(C=C(C)C)CC(C)(C)c2ccc(Cl)cc2)CC1.CC(C)=CC(CC(C)(C)c1ccc(Cl)cc1)N1CCC(C)(O)CC1.CC(C)=CC(CC(C)(C)c1ccc(Cl)cc1)N1CCC(O)CC1.CC(C)=CC(CC(C)(C)c1ccc(F)cc1)N1CCC(C(F)(F)F)CC1. The van der Waals surface area contributed by atoms with Crippen LogP contribution < -0.4 is 0 Å². The number of allylic oxidation sites excluding steroid dienone is 4. The molecule has 8 nitrogen and oxygen atoms in total. The second-order valence-electron chi connectivity index (χ2n) is 32.3. The number of hydrogen-bond acceptors (Lipinski definition) is 7. The molecule has 4 aromatic carbocycles. The zero-order valence-corrected chi connectivity index (χ0v) is 65.1. The van der Waals surface area contributed by atoms with Crippen molar-refractivity contribution in [2.45, 2.75) is 253 Å². The number of rotatable bonds is 20. The summed E-state index contributed by atoms with van der Waals surface area (Å²) in [6.07, 6.45) is 12.8. The van der Waals surface area contributed by atoms with Crippen LogP contribution in [0.3, 0.4) is 0 Å². The Hall–Kier alpha value is -4.34. The van der Waals surface area contributed by atoms with E-state index in [1.165, 1.54) is 45.5 Å². The fourth-order valence-electron chi connectivity index (χ4n) is 14.4. The van der Waals surface area contributed by atoms with Crippen LogP contribution in [0.2, 0.25) is 15.1 Å². The van der Waals surface area contributed by atoms with Crippen molar-refractivity contribution in [2.75, 3.05) is 65.4 Å². The summed E-state index contributed by atoms with van der Waals surface area (Å²) in [5.74, 6) is -1.27. The van der Waals surface area contributed by atoms with Crippen LogP contribution in [0, 0.1) is 11.7 Å². The average Bonchev–Trinajstić information content (AvgIpc) is 0.836. The smallest absolute Gasteiger partial charge is 0.391 e. The highest BCUT2D eigenvalue weighted by Gasteiger charge is 2.43. The number of alkyl halides is 3. The molecule has 0 saturated carbocycles. The van der Waals surface area contributed by atoms with Crippen LogP contribution in [0.1, 0.15) is 211 Å². The Balaban J connectivity index is 0.000000236. The Kier molecular flexibility index (Phi) is 32.5. The molecule has 8 rings (SSSR count). The van der Waals surface area contributed by atoms with E-state index >= 15 is 0 Å². The fraction of sp³-hybridized carbons (Fsp3) is 0.602. The van der Waals surface area contributed by atoms with Crippen molar-refractivity contribution in [1.29, 1.82) is 0 Å². The first-order valence-electron chi connectivity index (χ1n) is 35.9. The van der Waals surface area contributed by atoms with Crippen molar-refractivity contribution in [3.8, 4) is 0 Å². The van der Waals surface area contributed by atoms with E-state index in [1.54, 1.807) is 19.1 Å². The molecule has 2 N–H and O–H groups in total. The molecule has 0 bridgehead atoms. The molecule has 4 fully saturated rings. The number of aliphatic hydroxyl groups excluding tert-OH is 1. The molecule has 4 aromatic rings. The molecule has 4 unspecified atom stereocenters. The number of benzene rings is 4. The lowest BCUT2D eigenvalue weighted by Crippen LogP contribution is -2.52. The van der Waals surface area contributed by atoms with Crippen molar-refractivity contribution >= 4 is 40.7 Å². The number of piperidine rings is 3. The minimum atomic E-state index is -4.09. The van der Waals surface area contributed by atoms with Crippen LogP contribution in [0.25, 0.3) is 0 Å². The van der Waals surface area contributed by atoms with E-state index in [9.17, 15) is 32.6 Å².